The molecule has 182 valence electrons. The maximum absolute atomic E-state index is 13.3. The predicted molar refractivity (Wildman–Crippen MR) is 133 cm³/mol. The van der Waals surface area contributed by atoms with Crippen molar-refractivity contribution in [1.82, 2.24) is 14.4 Å². The van der Waals surface area contributed by atoms with Gasteiger partial charge < -0.3 is 19.1 Å². The molecule has 0 saturated heterocycles. The minimum absolute atomic E-state index is 0.00793. The lowest BCUT2D eigenvalue weighted by Crippen LogP contribution is -2.44. The molecule has 0 spiro atoms. The van der Waals surface area contributed by atoms with Gasteiger partial charge >= 0.3 is 0 Å². The Labute approximate surface area is 203 Å². The number of halogens is 1. The summed E-state index contributed by atoms with van der Waals surface area (Å²) in [5, 5.41) is 0.730. The molecule has 0 saturated carbocycles. The minimum atomic E-state index is -0.0348. The van der Waals surface area contributed by atoms with Crippen LogP contribution >= 0.6 is 11.6 Å². The highest BCUT2D eigenvalue weighted by molar-refractivity contribution is 6.31. The number of carbonyl (C=O) groups is 2. The predicted octanol–water partition coefficient (Wildman–Crippen LogP) is 4.84. The molecule has 0 N–H and O–H groups in total. The topological polar surface area (TPSA) is 54.8 Å². The van der Waals surface area contributed by atoms with Gasteiger partial charge in [0.25, 0.3) is 0 Å². The van der Waals surface area contributed by atoms with Gasteiger partial charge in [-0.1, -0.05) is 50.6 Å². The summed E-state index contributed by atoms with van der Waals surface area (Å²) < 4.78 is 7.52. The van der Waals surface area contributed by atoms with Gasteiger partial charge in [0.15, 0.2) is 0 Å². The Morgan fingerprint density at radius 1 is 1.06 bits per heavy atom. The fraction of sp³-hybridized carbons (Fsp3) is 0.538. The van der Waals surface area contributed by atoms with Crippen LogP contribution in [0.4, 0.5) is 0 Å². The van der Waals surface area contributed by atoms with Gasteiger partial charge in [0.05, 0.1) is 13.1 Å². The Morgan fingerprint density at radius 3 is 2.48 bits per heavy atom. The maximum Gasteiger partial charge on any atom is 0.242 e. The van der Waals surface area contributed by atoms with Gasteiger partial charge in [0, 0.05) is 56.2 Å². The van der Waals surface area contributed by atoms with E-state index in [4.69, 9.17) is 16.3 Å². The van der Waals surface area contributed by atoms with Crippen LogP contribution in [0.15, 0.2) is 42.6 Å². The Hall–Kier alpha value is -2.31. The molecule has 2 rings (SSSR count). The van der Waals surface area contributed by atoms with Crippen LogP contribution < -0.4 is 0 Å². The van der Waals surface area contributed by atoms with Crippen molar-refractivity contribution in [2.24, 2.45) is 5.92 Å². The fourth-order valence-corrected chi connectivity index (χ4v) is 3.92. The van der Waals surface area contributed by atoms with Crippen molar-refractivity contribution in [2.75, 3.05) is 32.8 Å². The van der Waals surface area contributed by atoms with Crippen molar-refractivity contribution in [1.29, 1.82) is 0 Å². The first-order valence-corrected chi connectivity index (χ1v) is 12.2. The van der Waals surface area contributed by atoms with Crippen molar-refractivity contribution in [2.45, 2.75) is 53.6 Å². The highest BCUT2D eigenvalue weighted by Gasteiger charge is 2.22. The number of hydrogen-bond acceptors (Lipinski definition) is 3. The van der Waals surface area contributed by atoms with E-state index in [1.807, 2.05) is 61.3 Å². The third-order valence-electron chi connectivity index (χ3n) is 5.42. The first-order chi connectivity index (χ1) is 15.8. The van der Waals surface area contributed by atoms with Crippen LogP contribution in [0.2, 0.25) is 5.02 Å². The molecule has 6 nitrogen and oxygen atoms in total. The van der Waals surface area contributed by atoms with E-state index in [0.29, 0.717) is 51.7 Å². The molecule has 0 aliphatic rings. The minimum Gasteiger partial charge on any atom is -0.382 e. The van der Waals surface area contributed by atoms with Gasteiger partial charge in [0.2, 0.25) is 11.8 Å². The molecule has 0 atom stereocenters. The molecule has 2 aromatic rings. The smallest absolute Gasteiger partial charge is 0.242 e. The Kier molecular flexibility index (Phi) is 11.5. The zero-order valence-corrected chi connectivity index (χ0v) is 21.2. The third-order valence-corrected chi connectivity index (χ3v) is 5.78. The molecule has 0 aliphatic carbocycles. The number of carbonyl (C=O) groups excluding carboxylic acids is 2. The molecule has 7 heteroatoms. The van der Waals surface area contributed by atoms with E-state index in [2.05, 4.69) is 18.4 Å². The maximum atomic E-state index is 13.3. The van der Waals surface area contributed by atoms with Crippen LogP contribution in [0, 0.1) is 5.92 Å². The highest BCUT2D eigenvalue weighted by Crippen LogP contribution is 2.18. The average Bonchev–Trinajstić information content (AvgIpc) is 3.22. The second kappa shape index (κ2) is 14.1. The Morgan fingerprint density at radius 2 is 1.82 bits per heavy atom. The quantitative estimate of drug-likeness (QED) is 0.367. The zero-order valence-electron chi connectivity index (χ0n) is 20.4. The summed E-state index contributed by atoms with van der Waals surface area (Å²) in [4.78, 5) is 29.3. The SMILES string of the molecule is CCOCCCN(CC(=O)N(Cc1cccn1Cc1ccccc1Cl)CC(C)C)C(=O)CC. The molecular formula is C26H38ClN3O3. The summed E-state index contributed by atoms with van der Waals surface area (Å²) in [5.41, 5.74) is 2.07. The first-order valence-electron chi connectivity index (χ1n) is 11.9. The molecule has 33 heavy (non-hydrogen) atoms. The van der Waals surface area contributed by atoms with Gasteiger partial charge in [-0.05, 0) is 43.0 Å². The van der Waals surface area contributed by atoms with Crippen LogP contribution in [0.3, 0.4) is 0 Å². The molecule has 0 unspecified atom stereocenters. The fourth-order valence-electron chi connectivity index (χ4n) is 3.73. The van der Waals surface area contributed by atoms with Crippen LogP contribution in [0.5, 0.6) is 0 Å². The molecule has 2 amide bonds. The van der Waals surface area contributed by atoms with E-state index in [-0.39, 0.29) is 18.4 Å². The lowest BCUT2D eigenvalue weighted by molar-refractivity contribution is -0.141. The van der Waals surface area contributed by atoms with E-state index < -0.39 is 0 Å². The van der Waals surface area contributed by atoms with E-state index in [9.17, 15) is 9.59 Å². The van der Waals surface area contributed by atoms with E-state index in [0.717, 1.165) is 22.7 Å². The molecule has 1 aromatic heterocycles. The summed E-state index contributed by atoms with van der Waals surface area (Å²) in [6.07, 6.45) is 3.11. The molecule has 0 aliphatic heterocycles. The highest BCUT2D eigenvalue weighted by atomic mass is 35.5. The van der Waals surface area contributed by atoms with Gasteiger partial charge in [-0.25, -0.2) is 0 Å². The average molecular weight is 476 g/mol. The van der Waals surface area contributed by atoms with Crippen molar-refractivity contribution in [3.8, 4) is 0 Å². The number of amides is 2. The molecule has 0 radical (unpaired) electrons. The first kappa shape index (κ1) is 26.9. The summed E-state index contributed by atoms with van der Waals surface area (Å²) in [6.45, 7) is 11.6. The van der Waals surface area contributed by atoms with E-state index in [1.165, 1.54) is 0 Å². The van der Waals surface area contributed by atoms with Gasteiger partial charge in [-0.15, -0.1) is 0 Å². The number of benzene rings is 1. The standard InChI is InChI=1S/C26H38ClN3O3/c1-5-25(31)29(15-10-16-33-6-2)20-26(32)30(17-21(3)4)19-23-12-9-14-28(23)18-22-11-7-8-13-24(22)27/h7-9,11-14,21H,5-6,10,15-20H2,1-4H3. The van der Waals surface area contributed by atoms with Crippen molar-refractivity contribution >= 4 is 23.4 Å². The van der Waals surface area contributed by atoms with Crippen LogP contribution in [0.1, 0.15) is 51.8 Å². The molecule has 1 heterocycles. The Bertz CT molecular complexity index is 881. The molecular weight excluding hydrogens is 438 g/mol. The third kappa shape index (κ3) is 8.86. The zero-order chi connectivity index (χ0) is 24.2. The van der Waals surface area contributed by atoms with Crippen LogP contribution in [0.25, 0.3) is 0 Å². The molecule has 1 aromatic carbocycles. The van der Waals surface area contributed by atoms with Crippen molar-refractivity contribution in [3.05, 3.63) is 58.9 Å². The number of nitrogens with zero attached hydrogens (tertiary/aromatic N) is 3. The summed E-state index contributed by atoms with van der Waals surface area (Å²) in [7, 11) is 0. The number of hydrogen-bond donors (Lipinski definition) is 0. The monoisotopic (exact) mass is 475 g/mol. The molecule has 0 bridgehead atoms. The lowest BCUT2D eigenvalue weighted by atomic mass is 10.2. The van der Waals surface area contributed by atoms with Gasteiger partial charge in [-0.2, -0.15) is 0 Å². The van der Waals surface area contributed by atoms with Gasteiger partial charge in [-0.3, -0.25) is 9.59 Å². The summed E-state index contributed by atoms with van der Waals surface area (Å²) >= 11 is 6.36. The van der Waals surface area contributed by atoms with Crippen LogP contribution in [-0.2, 0) is 27.4 Å². The van der Waals surface area contributed by atoms with E-state index in [1.54, 1.807) is 4.90 Å². The van der Waals surface area contributed by atoms with E-state index >= 15 is 0 Å². The van der Waals surface area contributed by atoms with Gasteiger partial charge in [0.1, 0.15) is 0 Å². The second-order valence-electron chi connectivity index (χ2n) is 8.61. The lowest BCUT2D eigenvalue weighted by Gasteiger charge is -2.29. The van der Waals surface area contributed by atoms with Crippen LogP contribution in [-0.4, -0.2) is 59.0 Å². The number of rotatable bonds is 14. The Balaban J connectivity index is 2.12. The summed E-state index contributed by atoms with van der Waals surface area (Å²) in [5.74, 6) is 0.271. The number of ether oxygens (including phenoxy) is 1. The second-order valence-corrected chi connectivity index (χ2v) is 9.01. The van der Waals surface area contributed by atoms with Crippen molar-refractivity contribution in [3.63, 3.8) is 0 Å². The normalized spacial score (nSPS) is 11.1. The largest absolute Gasteiger partial charge is 0.382 e. The molecule has 0 fully saturated rings. The number of aromatic nitrogens is 1. The summed E-state index contributed by atoms with van der Waals surface area (Å²) in [6, 6.07) is 11.8. The van der Waals surface area contributed by atoms with Crippen molar-refractivity contribution < 1.29 is 14.3 Å².